The maximum atomic E-state index is 12.7. The minimum atomic E-state index is -0.761. The first-order valence-electron chi connectivity index (χ1n) is 8.38. The molecule has 0 unspecified atom stereocenters. The largest absolute Gasteiger partial charge is 0.482 e. The maximum Gasteiger partial charge on any atom is 0.289 e. The minimum Gasteiger partial charge on any atom is -0.482 e. The van der Waals surface area contributed by atoms with Gasteiger partial charge in [0.25, 0.3) is 5.91 Å². The van der Waals surface area contributed by atoms with Crippen molar-refractivity contribution in [2.24, 2.45) is 7.05 Å². The Morgan fingerprint density at radius 1 is 1.23 bits per heavy atom. The number of β-amino-alcohol motifs (C(OH)–C–C–N with tert-alkyl or cyclic N) is 1. The van der Waals surface area contributed by atoms with Gasteiger partial charge >= 0.3 is 0 Å². The average Bonchev–Trinajstić information content (AvgIpc) is 3.37. The Labute approximate surface area is 150 Å². The Kier molecular flexibility index (Phi) is 4.22. The van der Waals surface area contributed by atoms with Crippen LogP contribution < -0.4 is 4.74 Å². The van der Waals surface area contributed by atoms with E-state index < -0.39 is 12.2 Å². The summed E-state index contributed by atoms with van der Waals surface area (Å²) in [5.74, 6) is 1.19. The van der Waals surface area contributed by atoms with Gasteiger partial charge in [0.1, 0.15) is 18.0 Å². The quantitative estimate of drug-likeness (QED) is 0.775. The van der Waals surface area contributed by atoms with Crippen LogP contribution in [0.3, 0.4) is 0 Å². The molecule has 2 aromatic heterocycles. The average molecular weight is 353 g/mol. The molecule has 3 aromatic rings. The summed E-state index contributed by atoms with van der Waals surface area (Å²) < 4.78 is 13.1. The molecule has 1 amide bonds. The molecule has 0 aliphatic carbocycles. The highest BCUT2D eigenvalue weighted by Gasteiger charge is 2.37. The first-order valence-corrected chi connectivity index (χ1v) is 8.38. The smallest absolute Gasteiger partial charge is 0.289 e. The molecule has 1 aromatic carbocycles. The number of ether oxygens (including phenoxy) is 1. The van der Waals surface area contributed by atoms with Gasteiger partial charge in [-0.1, -0.05) is 30.3 Å². The van der Waals surface area contributed by atoms with E-state index in [1.54, 1.807) is 41.2 Å². The van der Waals surface area contributed by atoms with Crippen molar-refractivity contribution in [3.8, 4) is 17.1 Å². The van der Waals surface area contributed by atoms with E-state index >= 15 is 0 Å². The number of carbonyl (C=O) groups is 1. The van der Waals surface area contributed by atoms with Crippen molar-refractivity contribution in [3.63, 3.8) is 0 Å². The van der Waals surface area contributed by atoms with Crippen LogP contribution in [0.25, 0.3) is 11.3 Å². The van der Waals surface area contributed by atoms with Crippen molar-refractivity contribution >= 4 is 5.91 Å². The standard InChI is InChI=1S/C19H19N3O4/c1-21-10-14(9-20-21)25-18-12-22(11-15(18)23)19(24)17-8-7-16(26-17)13-5-3-2-4-6-13/h2-10,15,18,23H,11-12H2,1H3/t15-,18-/m1/s1. The topological polar surface area (TPSA) is 80.7 Å². The summed E-state index contributed by atoms with van der Waals surface area (Å²) in [6.07, 6.45) is 2.04. The molecule has 1 N–H and O–H groups in total. The summed E-state index contributed by atoms with van der Waals surface area (Å²) in [6, 6.07) is 13.0. The lowest BCUT2D eigenvalue weighted by Crippen LogP contribution is -2.31. The van der Waals surface area contributed by atoms with Crippen LogP contribution in [0.2, 0.25) is 0 Å². The number of hydrogen-bond donors (Lipinski definition) is 1. The summed E-state index contributed by atoms with van der Waals surface area (Å²) in [5, 5.41) is 14.3. The Hall–Kier alpha value is -3.06. The number of amides is 1. The van der Waals surface area contributed by atoms with Crippen molar-refractivity contribution in [2.45, 2.75) is 12.2 Å². The third kappa shape index (κ3) is 3.21. The van der Waals surface area contributed by atoms with E-state index in [1.165, 1.54) is 0 Å². The highest BCUT2D eigenvalue weighted by atomic mass is 16.5. The number of rotatable bonds is 4. The summed E-state index contributed by atoms with van der Waals surface area (Å²) in [5.41, 5.74) is 0.908. The highest BCUT2D eigenvalue weighted by molar-refractivity contribution is 5.92. The lowest BCUT2D eigenvalue weighted by Gasteiger charge is -2.15. The zero-order valence-corrected chi connectivity index (χ0v) is 14.3. The van der Waals surface area contributed by atoms with Gasteiger partial charge in [0.2, 0.25) is 0 Å². The van der Waals surface area contributed by atoms with E-state index in [0.29, 0.717) is 11.5 Å². The number of nitrogens with zero attached hydrogens (tertiary/aromatic N) is 3. The molecule has 1 aliphatic heterocycles. The van der Waals surface area contributed by atoms with Crippen molar-refractivity contribution in [3.05, 3.63) is 60.6 Å². The molecule has 1 aliphatic rings. The number of furan rings is 1. The number of carbonyl (C=O) groups excluding carboxylic acids is 1. The summed E-state index contributed by atoms with van der Waals surface area (Å²) >= 11 is 0. The number of aromatic nitrogens is 2. The van der Waals surface area contributed by atoms with Crippen LogP contribution >= 0.6 is 0 Å². The molecule has 7 nitrogen and oxygen atoms in total. The Morgan fingerprint density at radius 3 is 2.77 bits per heavy atom. The van der Waals surface area contributed by atoms with Gasteiger partial charge in [-0.05, 0) is 12.1 Å². The fourth-order valence-electron chi connectivity index (χ4n) is 3.04. The molecule has 0 spiro atoms. The van der Waals surface area contributed by atoms with Crippen LogP contribution in [0.1, 0.15) is 10.6 Å². The van der Waals surface area contributed by atoms with Crippen LogP contribution in [-0.4, -0.2) is 51.0 Å². The fraction of sp³-hybridized carbons (Fsp3) is 0.263. The zero-order valence-electron chi connectivity index (χ0n) is 14.3. The van der Waals surface area contributed by atoms with E-state index in [4.69, 9.17) is 9.15 Å². The molecule has 1 fully saturated rings. The van der Waals surface area contributed by atoms with Crippen molar-refractivity contribution in [2.75, 3.05) is 13.1 Å². The van der Waals surface area contributed by atoms with E-state index in [-0.39, 0.29) is 24.8 Å². The molecule has 2 atom stereocenters. The van der Waals surface area contributed by atoms with E-state index in [1.807, 2.05) is 30.3 Å². The van der Waals surface area contributed by atoms with Crippen molar-refractivity contribution in [1.82, 2.24) is 14.7 Å². The van der Waals surface area contributed by atoms with Crippen LogP contribution in [-0.2, 0) is 7.05 Å². The number of aliphatic hydroxyl groups excluding tert-OH is 1. The highest BCUT2D eigenvalue weighted by Crippen LogP contribution is 2.24. The molecule has 0 bridgehead atoms. The van der Waals surface area contributed by atoms with Gasteiger partial charge in [-0.2, -0.15) is 5.10 Å². The molecule has 0 saturated carbocycles. The lowest BCUT2D eigenvalue weighted by atomic mass is 10.2. The Morgan fingerprint density at radius 2 is 2.04 bits per heavy atom. The molecule has 26 heavy (non-hydrogen) atoms. The van der Waals surface area contributed by atoms with E-state index in [9.17, 15) is 9.90 Å². The van der Waals surface area contributed by atoms with Crippen molar-refractivity contribution < 1.29 is 19.1 Å². The fourth-order valence-corrected chi connectivity index (χ4v) is 3.04. The number of aliphatic hydroxyl groups is 1. The first-order chi connectivity index (χ1) is 12.6. The molecule has 4 rings (SSSR count). The third-order valence-corrected chi connectivity index (χ3v) is 4.37. The Balaban J connectivity index is 1.45. The van der Waals surface area contributed by atoms with Crippen LogP contribution in [0.15, 0.2) is 59.3 Å². The number of aryl methyl sites for hydroxylation is 1. The molecule has 7 heteroatoms. The normalized spacial score (nSPS) is 19.7. The monoisotopic (exact) mass is 353 g/mol. The molecule has 0 radical (unpaired) electrons. The summed E-state index contributed by atoms with van der Waals surface area (Å²) in [4.78, 5) is 14.2. The maximum absolute atomic E-state index is 12.7. The Bertz CT molecular complexity index is 902. The first kappa shape index (κ1) is 16.4. The second-order valence-corrected chi connectivity index (χ2v) is 6.31. The SMILES string of the molecule is Cn1cc(O[C@@H]2CN(C(=O)c3ccc(-c4ccccc4)o3)C[C@H]2O)cn1. The molecule has 134 valence electrons. The van der Waals surface area contributed by atoms with E-state index in [0.717, 1.165) is 5.56 Å². The van der Waals surface area contributed by atoms with Gasteiger partial charge in [-0.15, -0.1) is 0 Å². The number of hydrogen-bond acceptors (Lipinski definition) is 5. The van der Waals surface area contributed by atoms with Gasteiger partial charge in [-0.25, -0.2) is 0 Å². The minimum absolute atomic E-state index is 0.200. The summed E-state index contributed by atoms with van der Waals surface area (Å²) in [7, 11) is 1.79. The van der Waals surface area contributed by atoms with Crippen LogP contribution in [0.4, 0.5) is 0 Å². The van der Waals surface area contributed by atoms with Crippen LogP contribution in [0, 0.1) is 0 Å². The van der Waals surface area contributed by atoms with Crippen molar-refractivity contribution in [1.29, 1.82) is 0 Å². The number of benzene rings is 1. The van der Waals surface area contributed by atoms with Gasteiger partial charge in [-0.3, -0.25) is 9.48 Å². The second kappa shape index (κ2) is 6.68. The van der Waals surface area contributed by atoms with Gasteiger partial charge in [0, 0.05) is 12.6 Å². The second-order valence-electron chi connectivity index (χ2n) is 6.31. The number of likely N-dealkylation sites (tertiary alicyclic amines) is 1. The van der Waals surface area contributed by atoms with Gasteiger partial charge in [0.05, 0.1) is 25.5 Å². The predicted octanol–water partition coefficient (Wildman–Crippen LogP) is 1.94. The third-order valence-electron chi connectivity index (χ3n) is 4.37. The van der Waals surface area contributed by atoms with Gasteiger partial charge < -0.3 is 19.2 Å². The lowest BCUT2D eigenvalue weighted by molar-refractivity contribution is 0.0720. The molecular weight excluding hydrogens is 334 g/mol. The molecule has 1 saturated heterocycles. The summed E-state index contributed by atoms with van der Waals surface area (Å²) in [6.45, 7) is 0.487. The molecular formula is C19H19N3O4. The van der Waals surface area contributed by atoms with Gasteiger partial charge in [0.15, 0.2) is 11.5 Å². The van der Waals surface area contributed by atoms with Crippen LogP contribution in [0.5, 0.6) is 5.75 Å². The predicted molar refractivity (Wildman–Crippen MR) is 93.7 cm³/mol. The molecule has 3 heterocycles. The zero-order chi connectivity index (χ0) is 18.1. The van der Waals surface area contributed by atoms with E-state index in [2.05, 4.69) is 5.10 Å².